The lowest BCUT2D eigenvalue weighted by atomic mass is 10.2. The molecule has 0 rings (SSSR count). The molecule has 108 valence electrons. The van der Waals surface area contributed by atoms with Crippen molar-refractivity contribution in [2.24, 2.45) is 0 Å². The van der Waals surface area contributed by atoms with Crippen molar-refractivity contribution in [3.63, 3.8) is 0 Å². The van der Waals surface area contributed by atoms with E-state index < -0.39 is 24.7 Å². The van der Waals surface area contributed by atoms with Gasteiger partial charge in [0.15, 0.2) is 6.67 Å². The Balaban J connectivity index is 0. The first-order chi connectivity index (χ1) is 7.97. The van der Waals surface area contributed by atoms with E-state index in [0.717, 1.165) is 12.8 Å². The van der Waals surface area contributed by atoms with Crippen molar-refractivity contribution in [2.75, 3.05) is 6.67 Å². The molecule has 0 atom stereocenters. The number of unbranched alkanes of at least 4 members (excludes halogenated alkanes) is 1. The van der Waals surface area contributed by atoms with Gasteiger partial charge in [-0.1, -0.05) is 12.2 Å². The van der Waals surface area contributed by atoms with Gasteiger partial charge in [-0.3, -0.25) is 0 Å². The molecule has 0 aromatic heterocycles. The molecule has 0 spiro atoms. The first-order valence-corrected chi connectivity index (χ1v) is 4.58. The Labute approximate surface area is 99.0 Å². The van der Waals surface area contributed by atoms with Crippen LogP contribution in [0, 0.1) is 0 Å². The molecular weight excluding hydrogens is 272 g/mol. The topological polar surface area (TPSA) is 0 Å². The third kappa shape index (κ3) is 5.50. The Kier molecular flexibility index (Phi) is 7.89. The van der Waals surface area contributed by atoms with E-state index in [1.807, 2.05) is 12.2 Å². The van der Waals surface area contributed by atoms with Gasteiger partial charge in [-0.05, 0) is 12.8 Å². The van der Waals surface area contributed by atoms with E-state index in [1.54, 1.807) is 0 Å². The zero-order chi connectivity index (χ0) is 15.0. The molecule has 0 bridgehead atoms. The summed E-state index contributed by atoms with van der Waals surface area (Å²) in [4.78, 5) is 0. The van der Waals surface area contributed by atoms with Gasteiger partial charge in [0.05, 0.1) is 0 Å². The van der Waals surface area contributed by atoms with E-state index in [2.05, 4.69) is 13.2 Å². The molecule has 18 heavy (non-hydrogen) atoms. The molecule has 0 aromatic carbocycles. The summed E-state index contributed by atoms with van der Waals surface area (Å²) in [5.41, 5.74) is 0. The van der Waals surface area contributed by atoms with Crippen molar-refractivity contribution in [1.82, 2.24) is 0 Å². The van der Waals surface area contributed by atoms with Gasteiger partial charge in [-0.2, -0.15) is 30.7 Å². The highest BCUT2D eigenvalue weighted by molar-refractivity contribution is 4.90. The van der Waals surface area contributed by atoms with Crippen molar-refractivity contribution >= 4 is 0 Å². The third-order valence-corrected chi connectivity index (χ3v) is 1.56. The van der Waals surface area contributed by atoms with E-state index in [0.29, 0.717) is 0 Å². The lowest BCUT2D eigenvalue weighted by Crippen LogP contribution is -2.53. The average molecular weight is 284 g/mol. The van der Waals surface area contributed by atoms with Gasteiger partial charge in [0.1, 0.15) is 0 Å². The predicted octanol–water partition coefficient (Wildman–Crippen LogP) is 4.93. The number of allylic oxidation sites excluding steroid dienone is 2. The first-order valence-electron chi connectivity index (χ1n) is 4.58. The highest BCUT2D eigenvalue weighted by atomic mass is 19.4. The van der Waals surface area contributed by atoms with E-state index in [9.17, 15) is 35.1 Å². The summed E-state index contributed by atoms with van der Waals surface area (Å²) in [5, 5.41) is 0. The van der Waals surface area contributed by atoms with Crippen LogP contribution in [0.2, 0.25) is 0 Å². The minimum Gasteiger partial charge on any atom is -0.244 e. The first kappa shape index (κ1) is 19.3. The molecule has 0 saturated carbocycles. The molecule has 0 nitrogen and oxygen atoms in total. The van der Waals surface area contributed by atoms with Gasteiger partial charge in [0, 0.05) is 0 Å². The Morgan fingerprint density at radius 2 is 1.11 bits per heavy atom. The average Bonchev–Trinajstić information content (AvgIpc) is 2.25. The largest absolute Gasteiger partial charge is 0.459 e. The Bertz CT molecular complexity index is 245. The summed E-state index contributed by atoms with van der Waals surface area (Å²) >= 11 is 0. The molecule has 0 saturated heterocycles. The fourth-order valence-corrected chi connectivity index (χ4v) is 0.527. The zero-order valence-electron chi connectivity index (χ0n) is 9.21. The Hall–Kier alpha value is -1.08. The second-order valence-electron chi connectivity index (χ2n) is 3.06. The van der Waals surface area contributed by atoms with Crippen LogP contribution in [-0.2, 0) is 0 Å². The van der Waals surface area contributed by atoms with Gasteiger partial charge < -0.3 is 0 Å². The lowest BCUT2D eigenvalue weighted by molar-refractivity contribution is -0.356. The number of rotatable bonds is 5. The smallest absolute Gasteiger partial charge is 0.244 e. The molecule has 0 amide bonds. The van der Waals surface area contributed by atoms with Gasteiger partial charge in [0.25, 0.3) is 0 Å². The highest BCUT2D eigenvalue weighted by Gasteiger charge is 2.73. The van der Waals surface area contributed by atoms with E-state index in [-0.39, 0.29) is 0 Å². The maximum Gasteiger partial charge on any atom is 0.459 e. The van der Waals surface area contributed by atoms with Gasteiger partial charge in [0.2, 0.25) is 0 Å². The molecule has 0 fully saturated rings. The summed E-state index contributed by atoms with van der Waals surface area (Å²) in [7, 11) is 0. The molecular formula is C10H12F8. The van der Waals surface area contributed by atoms with Gasteiger partial charge in [-0.25, -0.2) is 4.39 Å². The van der Waals surface area contributed by atoms with Gasteiger partial charge >= 0.3 is 18.0 Å². The minimum atomic E-state index is -6.44. The fourth-order valence-electron chi connectivity index (χ4n) is 0.527. The van der Waals surface area contributed by atoms with Crippen LogP contribution >= 0.6 is 0 Å². The zero-order valence-corrected chi connectivity index (χ0v) is 9.21. The standard InChI is InChI=1S/C6H10.C4H2F8/c1-3-5-6-4-2;5-1-2(6,7)3(8,9)4(10,11)12/h3-4H,1-2,5-6H2;1H2. The van der Waals surface area contributed by atoms with Crippen molar-refractivity contribution in [1.29, 1.82) is 0 Å². The Morgan fingerprint density at radius 1 is 0.778 bits per heavy atom. The van der Waals surface area contributed by atoms with Crippen molar-refractivity contribution < 1.29 is 35.1 Å². The molecule has 0 N–H and O–H groups in total. The lowest BCUT2D eigenvalue weighted by Gasteiger charge is -2.25. The number of alkyl halides is 8. The van der Waals surface area contributed by atoms with Crippen LogP contribution in [0.3, 0.4) is 0 Å². The van der Waals surface area contributed by atoms with E-state index in [1.165, 1.54) is 0 Å². The summed E-state index contributed by atoms with van der Waals surface area (Å²) in [6, 6.07) is 0. The predicted molar refractivity (Wildman–Crippen MR) is 51.6 cm³/mol. The van der Waals surface area contributed by atoms with Crippen LogP contribution in [0.4, 0.5) is 35.1 Å². The quantitative estimate of drug-likeness (QED) is 0.381. The van der Waals surface area contributed by atoms with Crippen LogP contribution < -0.4 is 0 Å². The monoisotopic (exact) mass is 284 g/mol. The summed E-state index contributed by atoms with van der Waals surface area (Å²) in [5.74, 6) is -12.0. The van der Waals surface area contributed by atoms with Crippen molar-refractivity contribution in [3.05, 3.63) is 25.3 Å². The summed E-state index contributed by atoms with van der Waals surface area (Å²) < 4.78 is 90.8. The second kappa shape index (κ2) is 7.38. The highest BCUT2D eigenvalue weighted by Crippen LogP contribution is 2.46. The van der Waals surface area contributed by atoms with Crippen LogP contribution in [0.25, 0.3) is 0 Å². The molecule has 0 aliphatic heterocycles. The molecule has 0 heterocycles. The van der Waals surface area contributed by atoms with Gasteiger partial charge in [-0.15, -0.1) is 13.2 Å². The third-order valence-electron chi connectivity index (χ3n) is 1.56. The van der Waals surface area contributed by atoms with Crippen LogP contribution in [0.1, 0.15) is 12.8 Å². The maximum atomic E-state index is 11.6. The Morgan fingerprint density at radius 3 is 1.22 bits per heavy atom. The minimum absolute atomic E-state index is 1.06. The molecule has 0 unspecified atom stereocenters. The molecule has 0 aliphatic carbocycles. The maximum absolute atomic E-state index is 11.6. The van der Waals surface area contributed by atoms with E-state index in [4.69, 9.17) is 0 Å². The van der Waals surface area contributed by atoms with E-state index >= 15 is 0 Å². The molecule has 0 radical (unpaired) electrons. The van der Waals surface area contributed by atoms with Crippen LogP contribution in [-0.4, -0.2) is 24.7 Å². The molecule has 0 aliphatic rings. The number of halogens is 8. The normalized spacial score (nSPS) is 12.4. The molecule has 0 aromatic rings. The fraction of sp³-hybridized carbons (Fsp3) is 0.600. The summed E-state index contributed by atoms with van der Waals surface area (Å²) in [6.07, 6.45) is -0.543. The van der Waals surface area contributed by atoms with Crippen LogP contribution in [0.5, 0.6) is 0 Å². The number of hydrogen-bond donors (Lipinski definition) is 0. The van der Waals surface area contributed by atoms with Crippen LogP contribution in [0.15, 0.2) is 25.3 Å². The summed E-state index contributed by atoms with van der Waals surface area (Å²) in [6.45, 7) is 4.04. The number of hydrogen-bond acceptors (Lipinski definition) is 0. The SMILES string of the molecule is C=CCCC=C.FCC(F)(F)C(F)(F)C(F)(F)F. The van der Waals surface area contributed by atoms with Crippen molar-refractivity contribution in [2.45, 2.75) is 30.9 Å². The molecule has 8 heteroatoms. The van der Waals surface area contributed by atoms with Crippen molar-refractivity contribution in [3.8, 4) is 0 Å². The second-order valence-corrected chi connectivity index (χ2v) is 3.06.